The molecular formula is C15H19FN2O. The Morgan fingerprint density at radius 1 is 1.58 bits per heavy atom. The van der Waals surface area contributed by atoms with Gasteiger partial charge in [0, 0.05) is 19.1 Å². The van der Waals surface area contributed by atoms with Gasteiger partial charge in [0.05, 0.1) is 0 Å². The van der Waals surface area contributed by atoms with Gasteiger partial charge in [0.25, 0.3) is 0 Å². The SMILES string of the molecule is C=CCN(C(=O)NCc1ccc(F)c(C)c1)C1CC1. The molecule has 19 heavy (non-hydrogen) atoms. The fourth-order valence-electron chi connectivity index (χ4n) is 2.02. The van der Waals surface area contributed by atoms with E-state index in [0.717, 1.165) is 18.4 Å². The van der Waals surface area contributed by atoms with Gasteiger partial charge in [0.1, 0.15) is 5.82 Å². The first-order valence-electron chi connectivity index (χ1n) is 6.52. The molecular weight excluding hydrogens is 243 g/mol. The maximum absolute atomic E-state index is 13.1. The standard InChI is InChI=1S/C15H19FN2O/c1-3-8-18(13-5-6-13)15(19)17-10-12-4-7-14(16)11(2)9-12/h3-4,7,9,13H,1,5-6,8,10H2,2H3,(H,17,19). The van der Waals surface area contributed by atoms with Gasteiger partial charge in [-0.1, -0.05) is 18.2 Å². The van der Waals surface area contributed by atoms with Crippen LogP contribution in [0.15, 0.2) is 30.9 Å². The molecule has 0 aromatic heterocycles. The van der Waals surface area contributed by atoms with Gasteiger partial charge in [0.15, 0.2) is 0 Å². The summed E-state index contributed by atoms with van der Waals surface area (Å²) in [6.45, 7) is 6.37. The average Bonchev–Trinajstić information content (AvgIpc) is 3.21. The van der Waals surface area contributed by atoms with Gasteiger partial charge in [-0.3, -0.25) is 0 Å². The van der Waals surface area contributed by atoms with E-state index in [-0.39, 0.29) is 11.8 Å². The summed E-state index contributed by atoms with van der Waals surface area (Å²) in [5.41, 5.74) is 1.50. The molecule has 1 aliphatic rings. The number of carbonyl (C=O) groups is 1. The van der Waals surface area contributed by atoms with Crippen LogP contribution in [0.2, 0.25) is 0 Å². The number of hydrogen-bond acceptors (Lipinski definition) is 1. The molecule has 1 N–H and O–H groups in total. The molecule has 0 saturated heterocycles. The highest BCUT2D eigenvalue weighted by Crippen LogP contribution is 2.26. The van der Waals surface area contributed by atoms with Gasteiger partial charge < -0.3 is 10.2 Å². The molecule has 2 amide bonds. The monoisotopic (exact) mass is 262 g/mol. The summed E-state index contributed by atoms with van der Waals surface area (Å²) in [5, 5.41) is 2.87. The van der Waals surface area contributed by atoms with Crippen molar-refractivity contribution in [3.63, 3.8) is 0 Å². The van der Waals surface area contributed by atoms with E-state index in [9.17, 15) is 9.18 Å². The van der Waals surface area contributed by atoms with Gasteiger partial charge in [0.2, 0.25) is 0 Å². The zero-order valence-electron chi connectivity index (χ0n) is 11.2. The third-order valence-corrected chi connectivity index (χ3v) is 3.24. The van der Waals surface area contributed by atoms with Crippen molar-refractivity contribution in [3.05, 3.63) is 47.8 Å². The normalized spacial score (nSPS) is 14.0. The van der Waals surface area contributed by atoms with E-state index in [1.807, 2.05) is 0 Å². The zero-order chi connectivity index (χ0) is 13.8. The lowest BCUT2D eigenvalue weighted by Crippen LogP contribution is -2.41. The van der Waals surface area contributed by atoms with E-state index in [1.54, 1.807) is 30.0 Å². The van der Waals surface area contributed by atoms with Gasteiger partial charge >= 0.3 is 6.03 Å². The molecule has 0 unspecified atom stereocenters. The minimum absolute atomic E-state index is 0.0793. The second-order valence-corrected chi connectivity index (χ2v) is 4.91. The molecule has 102 valence electrons. The minimum Gasteiger partial charge on any atom is -0.334 e. The van der Waals surface area contributed by atoms with Crippen LogP contribution < -0.4 is 5.32 Å². The van der Waals surface area contributed by atoms with Crippen LogP contribution in [0.5, 0.6) is 0 Å². The largest absolute Gasteiger partial charge is 0.334 e. The van der Waals surface area contributed by atoms with Gasteiger partial charge in [-0.05, 0) is 37.0 Å². The third-order valence-electron chi connectivity index (χ3n) is 3.24. The molecule has 4 heteroatoms. The molecule has 0 bridgehead atoms. The predicted octanol–water partition coefficient (Wildman–Crippen LogP) is 2.99. The summed E-state index contributed by atoms with van der Waals surface area (Å²) in [7, 11) is 0. The van der Waals surface area contributed by atoms with Crippen molar-refractivity contribution in [2.45, 2.75) is 32.4 Å². The van der Waals surface area contributed by atoms with Crippen LogP contribution in [-0.2, 0) is 6.54 Å². The Labute approximate surface area is 113 Å². The quantitative estimate of drug-likeness (QED) is 0.813. The highest BCUT2D eigenvalue weighted by atomic mass is 19.1. The Morgan fingerprint density at radius 3 is 2.89 bits per heavy atom. The van der Waals surface area contributed by atoms with Crippen LogP contribution in [0, 0.1) is 12.7 Å². The number of benzene rings is 1. The Balaban J connectivity index is 1.91. The van der Waals surface area contributed by atoms with E-state index in [2.05, 4.69) is 11.9 Å². The second-order valence-electron chi connectivity index (χ2n) is 4.91. The fourth-order valence-corrected chi connectivity index (χ4v) is 2.02. The smallest absolute Gasteiger partial charge is 0.318 e. The van der Waals surface area contributed by atoms with E-state index < -0.39 is 0 Å². The van der Waals surface area contributed by atoms with Crippen LogP contribution in [0.4, 0.5) is 9.18 Å². The van der Waals surface area contributed by atoms with Crippen LogP contribution >= 0.6 is 0 Å². The molecule has 0 aliphatic heterocycles. The molecule has 3 nitrogen and oxygen atoms in total. The maximum atomic E-state index is 13.1. The number of nitrogens with one attached hydrogen (secondary N) is 1. The summed E-state index contributed by atoms with van der Waals surface area (Å²) < 4.78 is 13.1. The highest BCUT2D eigenvalue weighted by Gasteiger charge is 2.31. The number of amides is 2. The van der Waals surface area contributed by atoms with Crippen molar-refractivity contribution in [3.8, 4) is 0 Å². The summed E-state index contributed by atoms with van der Waals surface area (Å²) >= 11 is 0. The van der Waals surface area contributed by atoms with Crippen LogP contribution in [0.25, 0.3) is 0 Å². The number of urea groups is 1. The fraction of sp³-hybridized carbons (Fsp3) is 0.400. The molecule has 1 fully saturated rings. The van der Waals surface area contributed by atoms with E-state index in [1.165, 1.54) is 6.07 Å². The number of hydrogen-bond donors (Lipinski definition) is 1. The Bertz CT molecular complexity index is 483. The first-order chi connectivity index (χ1) is 9.11. The number of rotatable bonds is 5. The van der Waals surface area contributed by atoms with Crippen molar-refractivity contribution in [2.24, 2.45) is 0 Å². The molecule has 0 heterocycles. The van der Waals surface area contributed by atoms with Crippen molar-refractivity contribution >= 4 is 6.03 Å². The van der Waals surface area contributed by atoms with Crippen LogP contribution in [0.1, 0.15) is 24.0 Å². The summed E-state index contributed by atoms with van der Waals surface area (Å²) in [4.78, 5) is 13.8. The van der Waals surface area contributed by atoms with Crippen molar-refractivity contribution in [1.82, 2.24) is 10.2 Å². The van der Waals surface area contributed by atoms with Crippen LogP contribution in [0.3, 0.4) is 0 Å². The third kappa shape index (κ3) is 3.56. The Kier molecular flexibility index (Phi) is 4.20. The minimum atomic E-state index is -0.221. The molecule has 2 rings (SSSR count). The van der Waals surface area contributed by atoms with Crippen molar-refractivity contribution in [1.29, 1.82) is 0 Å². The summed E-state index contributed by atoms with van der Waals surface area (Å²) in [6.07, 6.45) is 3.87. The first kappa shape index (κ1) is 13.6. The van der Waals surface area contributed by atoms with Gasteiger partial charge in [-0.15, -0.1) is 6.58 Å². The van der Waals surface area contributed by atoms with Gasteiger partial charge in [-0.25, -0.2) is 9.18 Å². The molecule has 1 aromatic rings. The lowest BCUT2D eigenvalue weighted by Gasteiger charge is -2.21. The molecule has 0 spiro atoms. The van der Waals surface area contributed by atoms with Crippen LogP contribution in [-0.4, -0.2) is 23.5 Å². The predicted molar refractivity (Wildman–Crippen MR) is 73.3 cm³/mol. The zero-order valence-corrected chi connectivity index (χ0v) is 11.2. The Morgan fingerprint density at radius 2 is 2.32 bits per heavy atom. The Hall–Kier alpha value is -1.84. The molecule has 0 radical (unpaired) electrons. The van der Waals surface area contributed by atoms with E-state index in [4.69, 9.17) is 0 Å². The number of carbonyl (C=O) groups excluding carboxylic acids is 1. The topological polar surface area (TPSA) is 32.3 Å². The van der Waals surface area contributed by atoms with E-state index in [0.29, 0.717) is 24.7 Å². The summed E-state index contributed by atoms with van der Waals surface area (Å²) in [5.74, 6) is -0.221. The number of aryl methyl sites for hydroxylation is 1. The average molecular weight is 262 g/mol. The molecule has 1 aliphatic carbocycles. The van der Waals surface area contributed by atoms with Crippen molar-refractivity contribution in [2.75, 3.05) is 6.54 Å². The maximum Gasteiger partial charge on any atom is 0.318 e. The lowest BCUT2D eigenvalue weighted by molar-refractivity contribution is 0.200. The molecule has 1 saturated carbocycles. The number of nitrogens with zero attached hydrogens (tertiary/aromatic N) is 1. The van der Waals surface area contributed by atoms with Crippen molar-refractivity contribution < 1.29 is 9.18 Å². The van der Waals surface area contributed by atoms with Gasteiger partial charge in [-0.2, -0.15) is 0 Å². The molecule has 1 aromatic carbocycles. The first-order valence-corrected chi connectivity index (χ1v) is 6.52. The highest BCUT2D eigenvalue weighted by molar-refractivity contribution is 5.75. The second kappa shape index (κ2) is 5.87. The van der Waals surface area contributed by atoms with E-state index >= 15 is 0 Å². The summed E-state index contributed by atoms with van der Waals surface area (Å²) in [6, 6.07) is 5.15. The molecule has 0 atom stereocenters. The number of halogens is 1. The lowest BCUT2D eigenvalue weighted by atomic mass is 10.1.